The summed E-state index contributed by atoms with van der Waals surface area (Å²) in [6.45, 7) is 5.91. The van der Waals surface area contributed by atoms with E-state index in [-0.39, 0.29) is 24.4 Å². The van der Waals surface area contributed by atoms with Gasteiger partial charge in [0.1, 0.15) is 11.5 Å². The van der Waals surface area contributed by atoms with Crippen LogP contribution in [0.25, 0.3) is 0 Å². The van der Waals surface area contributed by atoms with Crippen LogP contribution in [-0.2, 0) is 14.3 Å². The van der Waals surface area contributed by atoms with E-state index in [2.05, 4.69) is 6.92 Å². The van der Waals surface area contributed by atoms with Gasteiger partial charge in [-0.25, -0.2) is 0 Å². The molecule has 1 aromatic rings. The van der Waals surface area contributed by atoms with Crippen molar-refractivity contribution in [1.29, 1.82) is 0 Å². The zero-order chi connectivity index (χ0) is 18.1. The second kappa shape index (κ2) is 9.91. The number of piperidine rings is 1. The van der Waals surface area contributed by atoms with Gasteiger partial charge in [0.05, 0.1) is 19.1 Å². The van der Waals surface area contributed by atoms with E-state index in [9.17, 15) is 9.59 Å². The first-order valence-electron chi connectivity index (χ1n) is 8.94. The normalized spacial score (nSPS) is 17.0. The second-order valence-electron chi connectivity index (χ2n) is 6.04. The topological polar surface area (TPSA) is 65.1 Å². The molecule has 0 aromatic heterocycles. The van der Waals surface area contributed by atoms with Crippen LogP contribution in [0.5, 0.6) is 11.5 Å². The standard InChI is InChI=1S/C19H27NO5/c1-3-12-24-16-7-9-17(10-8-16)25-14-18(21)20-11-5-6-15(13-20)19(22)23-4-2/h7-10,15H,3-6,11-14H2,1-2H3. The van der Waals surface area contributed by atoms with Crippen LogP contribution >= 0.6 is 0 Å². The molecule has 1 fully saturated rings. The van der Waals surface area contributed by atoms with Crippen LogP contribution in [0, 0.1) is 5.92 Å². The predicted molar refractivity (Wildman–Crippen MR) is 93.7 cm³/mol. The molecule has 0 radical (unpaired) electrons. The fraction of sp³-hybridized carbons (Fsp3) is 0.579. The van der Waals surface area contributed by atoms with Gasteiger partial charge in [0.2, 0.25) is 0 Å². The lowest BCUT2D eigenvalue weighted by Crippen LogP contribution is -2.44. The van der Waals surface area contributed by atoms with E-state index < -0.39 is 0 Å². The lowest BCUT2D eigenvalue weighted by atomic mass is 9.98. The average molecular weight is 349 g/mol. The minimum absolute atomic E-state index is 0.0370. The highest BCUT2D eigenvalue weighted by atomic mass is 16.5. The van der Waals surface area contributed by atoms with Gasteiger partial charge in [-0.2, -0.15) is 0 Å². The third-order valence-electron chi connectivity index (χ3n) is 4.05. The molecule has 1 heterocycles. The van der Waals surface area contributed by atoms with Crippen molar-refractivity contribution in [2.75, 3.05) is 32.9 Å². The molecule has 0 aliphatic carbocycles. The Morgan fingerprint density at radius 2 is 1.80 bits per heavy atom. The molecular formula is C19H27NO5. The van der Waals surface area contributed by atoms with Crippen LogP contribution in [0.4, 0.5) is 0 Å². The smallest absolute Gasteiger partial charge is 0.310 e. The third kappa shape index (κ3) is 5.96. The molecule has 25 heavy (non-hydrogen) atoms. The Morgan fingerprint density at radius 1 is 1.12 bits per heavy atom. The molecule has 1 aromatic carbocycles. The van der Waals surface area contributed by atoms with Gasteiger partial charge >= 0.3 is 5.97 Å². The van der Waals surface area contributed by atoms with Crippen molar-refractivity contribution in [3.63, 3.8) is 0 Å². The van der Waals surface area contributed by atoms with E-state index in [1.165, 1.54) is 0 Å². The molecule has 138 valence electrons. The van der Waals surface area contributed by atoms with Crippen molar-refractivity contribution in [3.05, 3.63) is 24.3 Å². The molecule has 1 aliphatic heterocycles. The summed E-state index contributed by atoms with van der Waals surface area (Å²) in [7, 11) is 0. The fourth-order valence-corrected chi connectivity index (χ4v) is 2.74. The van der Waals surface area contributed by atoms with Gasteiger partial charge in [0.15, 0.2) is 6.61 Å². The second-order valence-corrected chi connectivity index (χ2v) is 6.04. The van der Waals surface area contributed by atoms with Gasteiger partial charge in [-0.3, -0.25) is 9.59 Å². The number of hydrogen-bond donors (Lipinski definition) is 0. The minimum Gasteiger partial charge on any atom is -0.494 e. The van der Waals surface area contributed by atoms with Gasteiger partial charge in [-0.15, -0.1) is 0 Å². The first-order chi connectivity index (χ1) is 12.1. The molecule has 6 nitrogen and oxygen atoms in total. The Kier molecular flexibility index (Phi) is 7.57. The molecule has 1 aliphatic rings. The number of likely N-dealkylation sites (tertiary alicyclic amines) is 1. The van der Waals surface area contributed by atoms with E-state index in [4.69, 9.17) is 14.2 Å². The van der Waals surface area contributed by atoms with E-state index in [0.29, 0.717) is 32.1 Å². The third-order valence-corrected chi connectivity index (χ3v) is 4.05. The Bertz CT molecular complexity index is 557. The van der Waals surface area contributed by atoms with Gasteiger partial charge < -0.3 is 19.1 Å². The van der Waals surface area contributed by atoms with E-state index in [1.54, 1.807) is 24.0 Å². The molecule has 1 atom stereocenters. The summed E-state index contributed by atoms with van der Waals surface area (Å²) in [6.07, 6.45) is 2.52. The summed E-state index contributed by atoms with van der Waals surface area (Å²) in [4.78, 5) is 25.9. The fourth-order valence-electron chi connectivity index (χ4n) is 2.74. The van der Waals surface area contributed by atoms with Crippen molar-refractivity contribution in [3.8, 4) is 11.5 Å². The van der Waals surface area contributed by atoms with Crippen molar-refractivity contribution >= 4 is 11.9 Å². The molecule has 0 spiro atoms. The van der Waals surface area contributed by atoms with Crippen LogP contribution < -0.4 is 9.47 Å². The monoisotopic (exact) mass is 349 g/mol. The number of rotatable bonds is 8. The van der Waals surface area contributed by atoms with Crippen LogP contribution in [0.1, 0.15) is 33.1 Å². The molecule has 1 unspecified atom stereocenters. The predicted octanol–water partition coefficient (Wildman–Crippen LogP) is 2.66. The SMILES string of the molecule is CCCOc1ccc(OCC(=O)N2CCCC(C(=O)OCC)C2)cc1. The first kappa shape index (κ1) is 19.1. The van der Waals surface area contributed by atoms with Crippen LogP contribution in [0.15, 0.2) is 24.3 Å². The Morgan fingerprint density at radius 3 is 2.44 bits per heavy atom. The number of benzene rings is 1. The molecule has 6 heteroatoms. The van der Waals surface area contributed by atoms with Gasteiger partial charge in [0.25, 0.3) is 5.91 Å². The Labute approximate surface area is 149 Å². The summed E-state index contributed by atoms with van der Waals surface area (Å²) in [5.41, 5.74) is 0. The molecule has 2 rings (SSSR count). The number of amides is 1. The Hall–Kier alpha value is -2.24. The molecule has 0 saturated carbocycles. The zero-order valence-electron chi connectivity index (χ0n) is 15.0. The van der Waals surface area contributed by atoms with Gasteiger partial charge in [-0.05, 0) is 50.5 Å². The van der Waals surface area contributed by atoms with E-state index >= 15 is 0 Å². The van der Waals surface area contributed by atoms with E-state index in [0.717, 1.165) is 25.0 Å². The van der Waals surface area contributed by atoms with Gasteiger partial charge in [0, 0.05) is 13.1 Å². The minimum atomic E-state index is -0.229. The lowest BCUT2D eigenvalue weighted by molar-refractivity contribution is -0.151. The van der Waals surface area contributed by atoms with Crippen molar-refractivity contribution in [2.24, 2.45) is 5.92 Å². The van der Waals surface area contributed by atoms with Crippen LogP contribution in [0.2, 0.25) is 0 Å². The maximum absolute atomic E-state index is 12.3. The number of carbonyl (C=O) groups is 2. The number of hydrogen-bond acceptors (Lipinski definition) is 5. The van der Waals surface area contributed by atoms with Crippen LogP contribution in [0.3, 0.4) is 0 Å². The largest absolute Gasteiger partial charge is 0.494 e. The molecule has 1 amide bonds. The number of ether oxygens (including phenoxy) is 3. The van der Waals surface area contributed by atoms with Crippen molar-refractivity contribution in [2.45, 2.75) is 33.1 Å². The van der Waals surface area contributed by atoms with E-state index in [1.807, 2.05) is 12.1 Å². The number of carbonyl (C=O) groups excluding carboxylic acids is 2. The molecule has 0 N–H and O–H groups in total. The quantitative estimate of drug-likeness (QED) is 0.675. The molecule has 1 saturated heterocycles. The highest BCUT2D eigenvalue weighted by Gasteiger charge is 2.29. The van der Waals surface area contributed by atoms with Crippen molar-refractivity contribution < 1.29 is 23.8 Å². The first-order valence-corrected chi connectivity index (χ1v) is 8.94. The average Bonchev–Trinajstić information content (AvgIpc) is 2.65. The highest BCUT2D eigenvalue weighted by Crippen LogP contribution is 2.20. The highest BCUT2D eigenvalue weighted by molar-refractivity contribution is 5.79. The number of nitrogens with zero attached hydrogens (tertiary/aromatic N) is 1. The number of esters is 1. The van der Waals surface area contributed by atoms with Crippen molar-refractivity contribution in [1.82, 2.24) is 4.90 Å². The maximum Gasteiger partial charge on any atom is 0.310 e. The van der Waals surface area contributed by atoms with Crippen LogP contribution in [-0.4, -0.2) is 49.7 Å². The molecular weight excluding hydrogens is 322 g/mol. The summed E-state index contributed by atoms with van der Waals surface area (Å²) in [5.74, 6) is 0.849. The lowest BCUT2D eigenvalue weighted by Gasteiger charge is -2.31. The summed E-state index contributed by atoms with van der Waals surface area (Å²) < 4.78 is 16.1. The van der Waals surface area contributed by atoms with Gasteiger partial charge in [-0.1, -0.05) is 6.92 Å². The summed E-state index contributed by atoms with van der Waals surface area (Å²) >= 11 is 0. The Balaban J connectivity index is 1.80. The summed E-state index contributed by atoms with van der Waals surface area (Å²) in [6, 6.07) is 7.23. The summed E-state index contributed by atoms with van der Waals surface area (Å²) in [5, 5.41) is 0. The maximum atomic E-state index is 12.3. The zero-order valence-corrected chi connectivity index (χ0v) is 15.0. The molecule has 0 bridgehead atoms.